The van der Waals surface area contributed by atoms with Crippen LogP contribution in [0.5, 0.6) is 0 Å². The van der Waals surface area contributed by atoms with Crippen molar-refractivity contribution in [3.05, 3.63) is 24.0 Å². The normalized spacial score (nSPS) is 15.9. The second-order valence-electron chi connectivity index (χ2n) is 3.44. The topological polar surface area (TPSA) is 74.7 Å². The van der Waals surface area contributed by atoms with E-state index in [4.69, 9.17) is 9.94 Å². The average molecular weight is 223 g/mol. The Hall–Kier alpha value is -1.66. The Morgan fingerprint density at radius 1 is 1.50 bits per heavy atom. The van der Waals surface area contributed by atoms with E-state index >= 15 is 0 Å². The Morgan fingerprint density at radius 3 is 2.94 bits per heavy atom. The molecule has 6 heteroatoms. The number of morpholine rings is 1. The van der Waals surface area contributed by atoms with Gasteiger partial charge in [0.15, 0.2) is 0 Å². The minimum Gasteiger partial charge on any atom is -0.378 e. The van der Waals surface area contributed by atoms with Gasteiger partial charge in [0, 0.05) is 25.0 Å². The minimum atomic E-state index is -0.602. The van der Waals surface area contributed by atoms with Gasteiger partial charge in [0.1, 0.15) is 5.69 Å². The number of ether oxygens (including phenoxy) is 1. The van der Waals surface area contributed by atoms with Crippen molar-refractivity contribution >= 4 is 11.6 Å². The van der Waals surface area contributed by atoms with Gasteiger partial charge in [-0.1, -0.05) is 0 Å². The van der Waals surface area contributed by atoms with Crippen LogP contribution in [0.1, 0.15) is 10.5 Å². The highest BCUT2D eigenvalue weighted by Crippen LogP contribution is 2.15. The molecule has 6 nitrogen and oxygen atoms in total. The zero-order chi connectivity index (χ0) is 11.4. The predicted octanol–water partition coefficient (Wildman–Crippen LogP) is 0.0372. The summed E-state index contributed by atoms with van der Waals surface area (Å²) in [6, 6.07) is 3.48. The van der Waals surface area contributed by atoms with Crippen LogP contribution in [0.2, 0.25) is 0 Å². The van der Waals surface area contributed by atoms with E-state index in [1.165, 1.54) is 0 Å². The van der Waals surface area contributed by atoms with Crippen LogP contribution in [-0.4, -0.2) is 42.4 Å². The van der Waals surface area contributed by atoms with E-state index in [1.807, 2.05) is 6.07 Å². The summed E-state index contributed by atoms with van der Waals surface area (Å²) in [6.07, 6.45) is 1.55. The fourth-order valence-corrected chi connectivity index (χ4v) is 1.62. The number of carbonyl (C=O) groups is 1. The smallest absolute Gasteiger partial charge is 0.293 e. The number of aromatic nitrogens is 1. The van der Waals surface area contributed by atoms with Crippen LogP contribution in [0.15, 0.2) is 18.3 Å². The SMILES string of the molecule is O=C(NO)c1cc(N2CCOCC2)ccn1. The number of rotatable bonds is 2. The molecule has 1 aliphatic rings. The van der Waals surface area contributed by atoms with Crippen molar-refractivity contribution in [2.75, 3.05) is 31.2 Å². The van der Waals surface area contributed by atoms with Crippen molar-refractivity contribution < 1.29 is 14.7 Å². The van der Waals surface area contributed by atoms with Crippen molar-refractivity contribution in [2.24, 2.45) is 0 Å². The van der Waals surface area contributed by atoms with E-state index in [9.17, 15) is 4.79 Å². The number of anilines is 1. The largest absolute Gasteiger partial charge is 0.378 e. The van der Waals surface area contributed by atoms with E-state index in [0.29, 0.717) is 13.2 Å². The molecule has 0 unspecified atom stereocenters. The number of hydrogen-bond donors (Lipinski definition) is 2. The monoisotopic (exact) mass is 223 g/mol. The molecule has 0 bridgehead atoms. The molecule has 2 rings (SSSR count). The molecule has 1 aromatic rings. The van der Waals surface area contributed by atoms with E-state index < -0.39 is 5.91 Å². The zero-order valence-electron chi connectivity index (χ0n) is 8.72. The van der Waals surface area contributed by atoms with Gasteiger partial charge in [-0.2, -0.15) is 0 Å². The fraction of sp³-hybridized carbons (Fsp3) is 0.400. The number of nitrogens with zero attached hydrogens (tertiary/aromatic N) is 2. The lowest BCUT2D eigenvalue weighted by molar-refractivity contribution is 0.0701. The summed E-state index contributed by atoms with van der Waals surface area (Å²) in [5.41, 5.74) is 2.68. The second-order valence-corrected chi connectivity index (χ2v) is 3.44. The predicted molar refractivity (Wildman–Crippen MR) is 56.5 cm³/mol. The second kappa shape index (κ2) is 4.91. The van der Waals surface area contributed by atoms with Gasteiger partial charge in [0.05, 0.1) is 13.2 Å². The minimum absolute atomic E-state index is 0.200. The van der Waals surface area contributed by atoms with E-state index in [-0.39, 0.29) is 5.69 Å². The first-order valence-electron chi connectivity index (χ1n) is 5.04. The summed E-state index contributed by atoms with van der Waals surface area (Å²) in [6.45, 7) is 2.96. The van der Waals surface area contributed by atoms with E-state index in [2.05, 4.69) is 9.88 Å². The lowest BCUT2D eigenvalue weighted by atomic mass is 10.2. The number of hydrogen-bond acceptors (Lipinski definition) is 5. The molecule has 86 valence electrons. The molecule has 1 aromatic heterocycles. The highest BCUT2D eigenvalue weighted by molar-refractivity contribution is 5.92. The maximum Gasteiger partial charge on any atom is 0.293 e. The fourth-order valence-electron chi connectivity index (χ4n) is 1.62. The van der Waals surface area contributed by atoms with Crippen molar-refractivity contribution in [1.82, 2.24) is 10.5 Å². The molecule has 0 spiro atoms. The Morgan fingerprint density at radius 2 is 2.25 bits per heavy atom. The molecular formula is C10H13N3O3. The molecular weight excluding hydrogens is 210 g/mol. The number of pyridine rings is 1. The first-order chi connectivity index (χ1) is 7.81. The van der Waals surface area contributed by atoms with Gasteiger partial charge in [-0.15, -0.1) is 0 Å². The van der Waals surface area contributed by atoms with Crippen LogP contribution in [0.3, 0.4) is 0 Å². The lowest BCUT2D eigenvalue weighted by Crippen LogP contribution is -2.36. The molecule has 2 heterocycles. The maximum atomic E-state index is 11.2. The third-order valence-electron chi connectivity index (χ3n) is 2.45. The maximum absolute atomic E-state index is 11.2. The molecule has 1 saturated heterocycles. The van der Waals surface area contributed by atoms with E-state index in [0.717, 1.165) is 18.8 Å². The summed E-state index contributed by atoms with van der Waals surface area (Å²) in [5.74, 6) is -0.602. The van der Waals surface area contributed by atoms with Crippen LogP contribution in [-0.2, 0) is 4.74 Å². The third kappa shape index (κ3) is 2.29. The summed E-state index contributed by atoms with van der Waals surface area (Å²) in [4.78, 5) is 17.2. The van der Waals surface area contributed by atoms with Gasteiger partial charge in [-0.25, -0.2) is 5.48 Å². The molecule has 0 radical (unpaired) electrons. The van der Waals surface area contributed by atoms with Gasteiger partial charge in [0.25, 0.3) is 5.91 Å². The average Bonchev–Trinajstić information content (AvgIpc) is 2.39. The number of amides is 1. The van der Waals surface area contributed by atoms with Crippen LogP contribution in [0.25, 0.3) is 0 Å². The van der Waals surface area contributed by atoms with Gasteiger partial charge >= 0.3 is 0 Å². The third-order valence-corrected chi connectivity index (χ3v) is 2.45. The number of carbonyl (C=O) groups excluding carboxylic acids is 1. The molecule has 1 aliphatic heterocycles. The molecule has 0 atom stereocenters. The van der Waals surface area contributed by atoms with Crippen molar-refractivity contribution in [1.29, 1.82) is 0 Å². The first-order valence-corrected chi connectivity index (χ1v) is 5.04. The Balaban J connectivity index is 2.17. The summed E-state index contributed by atoms with van der Waals surface area (Å²) in [5, 5.41) is 8.52. The van der Waals surface area contributed by atoms with E-state index in [1.54, 1.807) is 17.7 Å². The van der Waals surface area contributed by atoms with Crippen LogP contribution < -0.4 is 10.4 Å². The van der Waals surface area contributed by atoms with Crippen molar-refractivity contribution in [3.63, 3.8) is 0 Å². The quantitative estimate of drug-likeness (QED) is 0.547. The highest BCUT2D eigenvalue weighted by Gasteiger charge is 2.13. The standard InChI is InChI=1S/C10H13N3O3/c14-10(12-15)9-7-8(1-2-11-9)13-3-5-16-6-4-13/h1-2,7,15H,3-6H2,(H,12,14). The summed E-state index contributed by atoms with van der Waals surface area (Å²) < 4.78 is 5.24. The lowest BCUT2D eigenvalue weighted by Gasteiger charge is -2.28. The first kappa shape index (κ1) is 10.8. The number of nitrogens with one attached hydrogen (secondary N) is 1. The summed E-state index contributed by atoms with van der Waals surface area (Å²) in [7, 11) is 0. The van der Waals surface area contributed by atoms with Gasteiger partial charge in [-0.3, -0.25) is 15.0 Å². The Labute approximate surface area is 92.8 Å². The molecule has 0 saturated carbocycles. The molecule has 1 amide bonds. The zero-order valence-corrected chi connectivity index (χ0v) is 8.72. The molecule has 1 fully saturated rings. The number of hydroxylamine groups is 1. The molecule has 2 N–H and O–H groups in total. The van der Waals surface area contributed by atoms with Gasteiger partial charge < -0.3 is 9.64 Å². The Kier molecular flexibility index (Phi) is 3.33. The van der Waals surface area contributed by atoms with Crippen molar-refractivity contribution in [2.45, 2.75) is 0 Å². The van der Waals surface area contributed by atoms with Crippen LogP contribution in [0, 0.1) is 0 Å². The summed E-state index contributed by atoms with van der Waals surface area (Å²) >= 11 is 0. The molecule has 0 aliphatic carbocycles. The highest BCUT2D eigenvalue weighted by atomic mass is 16.5. The van der Waals surface area contributed by atoms with Crippen LogP contribution >= 0.6 is 0 Å². The van der Waals surface area contributed by atoms with Gasteiger partial charge in [0.2, 0.25) is 0 Å². The molecule has 16 heavy (non-hydrogen) atoms. The van der Waals surface area contributed by atoms with Crippen molar-refractivity contribution in [3.8, 4) is 0 Å². The molecule has 0 aromatic carbocycles. The Bertz CT molecular complexity index is 377. The van der Waals surface area contributed by atoms with Gasteiger partial charge in [-0.05, 0) is 12.1 Å². The van der Waals surface area contributed by atoms with Crippen LogP contribution in [0.4, 0.5) is 5.69 Å².